The molecule has 0 saturated carbocycles. The van der Waals surface area contributed by atoms with E-state index in [1.807, 2.05) is 6.08 Å². The topological polar surface area (TPSA) is 0 Å². The van der Waals surface area contributed by atoms with Crippen molar-refractivity contribution in [3.8, 4) is 0 Å². The first-order valence-corrected chi connectivity index (χ1v) is 8.32. The molecule has 0 nitrogen and oxygen atoms in total. The van der Waals surface area contributed by atoms with Crippen LogP contribution in [0.2, 0.25) is 0 Å². The highest BCUT2D eigenvalue weighted by Crippen LogP contribution is 2.08. The lowest BCUT2D eigenvalue weighted by Gasteiger charge is -1.97. The van der Waals surface area contributed by atoms with Gasteiger partial charge < -0.3 is 0 Å². The molecule has 0 aromatic rings. The zero-order valence-electron chi connectivity index (χ0n) is 13.1. The molecule has 0 heteroatoms. The minimum Gasteiger partial charge on any atom is -0.103 e. The number of hydrogen-bond acceptors (Lipinski definition) is 0. The van der Waals surface area contributed by atoms with Crippen molar-refractivity contribution in [2.75, 3.05) is 0 Å². The molecule has 19 heavy (non-hydrogen) atoms. The number of rotatable bonds is 14. The van der Waals surface area contributed by atoms with E-state index in [9.17, 15) is 0 Å². The summed E-state index contributed by atoms with van der Waals surface area (Å²) in [7, 11) is 0. The first-order chi connectivity index (χ1) is 9.41. The highest BCUT2D eigenvalue weighted by Gasteiger charge is 1.88. The summed E-state index contributed by atoms with van der Waals surface area (Å²) in [5.74, 6) is 0. The molecule has 0 atom stereocenters. The van der Waals surface area contributed by atoms with E-state index < -0.39 is 0 Å². The number of allylic oxidation sites excluding steroid dienone is 5. The quantitative estimate of drug-likeness (QED) is 0.234. The average molecular weight is 262 g/mol. The SMILES string of the molecule is C=CCCCCCCC/C=C\CC=CCCCCC. The molecular formula is C19H34. The molecule has 0 bridgehead atoms. The van der Waals surface area contributed by atoms with Crippen LogP contribution >= 0.6 is 0 Å². The van der Waals surface area contributed by atoms with E-state index in [2.05, 4.69) is 37.8 Å². The van der Waals surface area contributed by atoms with E-state index in [1.54, 1.807) is 0 Å². The maximum Gasteiger partial charge on any atom is -0.0169 e. The molecule has 0 N–H and O–H groups in total. The van der Waals surface area contributed by atoms with Crippen LogP contribution in [0, 0.1) is 0 Å². The van der Waals surface area contributed by atoms with Crippen molar-refractivity contribution in [2.24, 2.45) is 0 Å². The fraction of sp³-hybridized carbons (Fsp3) is 0.684. The molecule has 0 aromatic heterocycles. The Bertz CT molecular complexity index is 222. The Morgan fingerprint density at radius 1 is 0.632 bits per heavy atom. The van der Waals surface area contributed by atoms with Crippen LogP contribution in [0.3, 0.4) is 0 Å². The van der Waals surface area contributed by atoms with E-state index in [4.69, 9.17) is 0 Å². The first-order valence-electron chi connectivity index (χ1n) is 8.32. The monoisotopic (exact) mass is 262 g/mol. The van der Waals surface area contributed by atoms with Crippen molar-refractivity contribution in [1.29, 1.82) is 0 Å². The van der Waals surface area contributed by atoms with E-state index in [0.29, 0.717) is 0 Å². The van der Waals surface area contributed by atoms with E-state index in [0.717, 1.165) is 6.42 Å². The minimum atomic E-state index is 1.12. The van der Waals surface area contributed by atoms with Gasteiger partial charge in [0.05, 0.1) is 0 Å². The maximum absolute atomic E-state index is 3.75. The van der Waals surface area contributed by atoms with Gasteiger partial charge in [0.1, 0.15) is 0 Å². The van der Waals surface area contributed by atoms with Crippen molar-refractivity contribution < 1.29 is 0 Å². The Balaban J connectivity index is 3.14. The predicted molar refractivity (Wildman–Crippen MR) is 89.6 cm³/mol. The molecular weight excluding hydrogens is 228 g/mol. The van der Waals surface area contributed by atoms with Gasteiger partial charge in [0.2, 0.25) is 0 Å². The van der Waals surface area contributed by atoms with Crippen molar-refractivity contribution in [3.05, 3.63) is 37.0 Å². The molecule has 0 radical (unpaired) electrons. The molecule has 0 heterocycles. The second-order valence-electron chi connectivity index (χ2n) is 5.31. The summed E-state index contributed by atoms with van der Waals surface area (Å²) in [4.78, 5) is 0. The normalized spacial score (nSPS) is 11.6. The molecule has 0 aliphatic carbocycles. The van der Waals surface area contributed by atoms with Gasteiger partial charge in [-0.25, -0.2) is 0 Å². The van der Waals surface area contributed by atoms with Gasteiger partial charge in [0.15, 0.2) is 0 Å². The summed E-state index contributed by atoms with van der Waals surface area (Å²) >= 11 is 0. The fourth-order valence-corrected chi connectivity index (χ4v) is 2.10. The highest BCUT2D eigenvalue weighted by atomic mass is 13.9. The Labute approximate surface area is 121 Å². The van der Waals surface area contributed by atoms with Crippen LogP contribution < -0.4 is 0 Å². The van der Waals surface area contributed by atoms with Crippen LogP contribution in [0.25, 0.3) is 0 Å². The van der Waals surface area contributed by atoms with Crippen molar-refractivity contribution in [2.45, 2.75) is 84.0 Å². The van der Waals surface area contributed by atoms with Crippen molar-refractivity contribution in [1.82, 2.24) is 0 Å². The van der Waals surface area contributed by atoms with Gasteiger partial charge in [-0.3, -0.25) is 0 Å². The molecule has 0 unspecified atom stereocenters. The lowest BCUT2D eigenvalue weighted by molar-refractivity contribution is 0.622. The average Bonchev–Trinajstić information content (AvgIpc) is 2.43. The lowest BCUT2D eigenvalue weighted by atomic mass is 10.1. The van der Waals surface area contributed by atoms with Crippen molar-refractivity contribution in [3.63, 3.8) is 0 Å². The van der Waals surface area contributed by atoms with Gasteiger partial charge in [-0.2, -0.15) is 0 Å². The summed E-state index contributed by atoms with van der Waals surface area (Å²) in [6.07, 6.45) is 27.0. The van der Waals surface area contributed by atoms with E-state index in [1.165, 1.54) is 70.6 Å². The van der Waals surface area contributed by atoms with Crippen molar-refractivity contribution >= 4 is 0 Å². The molecule has 0 aliphatic heterocycles. The summed E-state index contributed by atoms with van der Waals surface area (Å²) in [6.45, 7) is 6.01. The largest absolute Gasteiger partial charge is 0.103 e. The molecule has 0 amide bonds. The van der Waals surface area contributed by atoms with Crippen LogP contribution in [-0.4, -0.2) is 0 Å². The van der Waals surface area contributed by atoms with Gasteiger partial charge in [-0.1, -0.05) is 69.4 Å². The second-order valence-corrected chi connectivity index (χ2v) is 5.31. The Hall–Kier alpha value is -0.780. The smallest absolute Gasteiger partial charge is 0.0169 e. The van der Waals surface area contributed by atoms with Gasteiger partial charge in [0, 0.05) is 0 Å². The lowest BCUT2D eigenvalue weighted by Crippen LogP contribution is -1.77. The Morgan fingerprint density at radius 2 is 1.16 bits per heavy atom. The summed E-state index contributed by atoms with van der Waals surface area (Å²) < 4.78 is 0. The third-order valence-corrected chi connectivity index (χ3v) is 3.36. The minimum absolute atomic E-state index is 1.12. The molecule has 0 saturated heterocycles. The van der Waals surface area contributed by atoms with Crippen LogP contribution in [-0.2, 0) is 0 Å². The van der Waals surface area contributed by atoms with Gasteiger partial charge in [-0.05, 0) is 44.9 Å². The van der Waals surface area contributed by atoms with E-state index in [-0.39, 0.29) is 0 Å². The molecule has 0 fully saturated rings. The van der Waals surface area contributed by atoms with Gasteiger partial charge in [0.25, 0.3) is 0 Å². The zero-order valence-corrected chi connectivity index (χ0v) is 13.1. The Morgan fingerprint density at radius 3 is 1.74 bits per heavy atom. The Kier molecular flexibility index (Phi) is 16.5. The van der Waals surface area contributed by atoms with Gasteiger partial charge in [-0.15, -0.1) is 6.58 Å². The maximum atomic E-state index is 3.75. The van der Waals surface area contributed by atoms with Crippen LogP contribution in [0.5, 0.6) is 0 Å². The third kappa shape index (κ3) is 17.2. The zero-order chi connectivity index (χ0) is 14.0. The number of hydrogen-bond donors (Lipinski definition) is 0. The summed E-state index contributed by atoms with van der Waals surface area (Å²) in [6, 6.07) is 0. The standard InChI is InChI=1S/C19H34/c1-3-5-7-9-11-13-15-17-19-18-16-14-12-10-8-6-4-2/h3,12,14,18-19H,1,4-11,13,15-17H2,2H3/b14-12?,19-18-. The first kappa shape index (κ1) is 18.2. The van der Waals surface area contributed by atoms with Crippen LogP contribution in [0.1, 0.15) is 84.0 Å². The van der Waals surface area contributed by atoms with Crippen LogP contribution in [0.4, 0.5) is 0 Å². The fourth-order valence-electron chi connectivity index (χ4n) is 2.10. The number of unbranched alkanes of at least 4 members (excludes halogenated alkanes) is 9. The van der Waals surface area contributed by atoms with E-state index >= 15 is 0 Å². The summed E-state index contributed by atoms with van der Waals surface area (Å²) in [5, 5.41) is 0. The predicted octanol–water partition coefficient (Wildman–Crippen LogP) is 6.99. The molecule has 0 aliphatic rings. The molecule has 0 spiro atoms. The molecule has 0 rings (SSSR count). The van der Waals surface area contributed by atoms with Gasteiger partial charge >= 0.3 is 0 Å². The third-order valence-electron chi connectivity index (χ3n) is 3.36. The highest BCUT2D eigenvalue weighted by molar-refractivity contribution is 4.92. The molecule has 110 valence electrons. The van der Waals surface area contributed by atoms with Crippen LogP contribution in [0.15, 0.2) is 37.0 Å². The second kappa shape index (κ2) is 17.2. The molecule has 0 aromatic carbocycles. The summed E-state index contributed by atoms with van der Waals surface area (Å²) in [5.41, 5.74) is 0.